The van der Waals surface area contributed by atoms with Gasteiger partial charge in [0.05, 0.1) is 30.5 Å². The number of hydrogen-bond donors (Lipinski definition) is 2. The summed E-state index contributed by atoms with van der Waals surface area (Å²) in [5.74, 6) is -1.47. The van der Waals surface area contributed by atoms with Gasteiger partial charge in [-0.2, -0.15) is 26.3 Å². The zero-order valence-corrected chi connectivity index (χ0v) is 23.6. The number of fused-ring (bicyclic) bond motifs is 1. The van der Waals surface area contributed by atoms with Crippen molar-refractivity contribution in [3.63, 3.8) is 0 Å². The second-order valence-electron chi connectivity index (χ2n) is 10.1. The van der Waals surface area contributed by atoms with Crippen LogP contribution in [-0.4, -0.2) is 68.1 Å². The number of ether oxygens (including phenoxy) is 2. The molecule has 0 radical (unpaired) electrons. The Morgan fingerprint density at radius 2 is 1.67 bits per heavy atom. The minimum Gasteiger partial charge on any atom is -0.493 e. The van der Waals surface area contributed by atoms with Crippen LogP contribution in [-0.2, 0) is 16.4 Å². The summed E-state index contributed by atoms with van der Waals surface area (Å²) in [7, 11) is 5.21. The molecule has 2 fully saturated rings. The number of carboxylic acids is 1. The predicted molar refractivity (Wildman–Crippen MR) is 142 cm³/mol. The van der Waals surface area contributed by atoms with Gasteiger partial charge in [0.1, 0.15) is 0 Å². The molecule has 1 aliphatic carbocycles. The number of nitrogens with two attached hydrogens (primary N) is 1. The number of benzene rings is 2. The van der Waals surface area contributed by atoms with Gasteiger partial charge in [0.15, 0.2) is 11.5 Å². The monoisotopic (exact) mass is 625 g/mol. The van der Waals surface area contributed by atoms with Crippen LogP contribution in [0, 0.1) is 0 Å². The standard InChI is InChI=1S/C25H29ClF3N3O3.C2HF3O2/c1-31-11-10-24(15-5-7-20(34-2)21(13-15)35-3)9-8-17(14-22(24)31)32(23(30)33)19-12-16(25(27,28)29)4-6-18(19)26;3-2(4,5)1(6)7/h4-7,12-13,17,22H,8-11,14H2,1-3H3,(H2,30,33);(H,6,7)/t17-,22+,24+;/m1./s1. The SMILES string of the molecule is COc1ccc([C@@]23CC[C@@H](N(C(N)=O)c4cc(C(F)(F)F)ccc4Cl)C[C@@H]2N(C)CC3)cc1OC.O=C(O)C(F)(F)F. The minimum atomic E-state index is -5.08. The molecule has 1 aliphatic heterocycles. The lowest BCUT2D eigenvalue weighted by molar-refractivity contribution is -0.192. The third-order valence-corrected chi connectivity index (χ3v) is 8.16. The lowest BCUT2D eigenvalue weighted by atomic mass is 9.64. The zero-order valence-electron chi connectivity index (χ0n) is 22.9. The highest BCUT2D eigenvalue weighted by molar-refractivity contribution is 6.33. The van der Waals surface area contributed by atoms with Crippen LogP contribution >= 0.6 is 11.6 Å². The first-order chi connectivity index (χ1) is 19.5. The molecule has 3 N–H and O–H groups in total. The number of urea groups is 1. The molecular weight excluding hydrogens is 596 g/mol. The van der Waals surface area contributed by atoms with Crippen molar-refractivity contribution in [3.8, 4) is 11.5 Å². The van der Waals surface area contributed by atoms with Gasteiger partial charge in [-0.3, -0.25) is 4.90 Å². The molecule has 15 heteroatoms. The fourth-order valence-electron chi connectivity index (χ4n) is 5.85. The van der Waals surface area contributed by atoms with Crippen LogP contribution in [0.4, 0.5) is 36.8 Å². The molecule has 1 heterocycles. The quantitative estimate of drug-likeness (QED) is 0.390. The van der Waals surface area contributed by atoms with E-state index in [1.807, 2.05) is 25.2 Å². The number of methoxy groups -OCH3 is 2. The molecule has 1 saturated heterocycles. The van der Waals surface area contributed by atoms with Crippen molar-refractivity contribution in [2.75, 3.05) is 32.7 Å². The van der Waals surface area contributed by atoms with Gasteiger partial charge < -0.3 is 25.2 Å². The lowest BCUT2D eigenvalue weighted by Gasteiger charge is -2.47. The fraction of sp³-hybridized carbons (Fsp3) is 0.481. The molecule has 4 rings (SSSR count). The van der Waals surface area contributed by atoms with E-state index in [2.05, 4.69) is 4.90 Å². The topological polar surface area (TPSA) is 105 Å². The van der Waals surface area contributed by atoms with Crippen molar-refractivity contribution < 1.29 is 50.5 Å². The summed E-state index contributed by atoms with van der Waals surface area (Å²) in [4.78, 5) is 24.9. The third kappa shape index (κ3) is 6.80. The maximum absolute atomic E-state index is 13.4. The molecule has 0 spiro atoms. The molecular formula is C27H30ClF6N3O5. The summed E-state index contributed by atoms with van der Waals surface area (Å²) in [6, 6.07) is 7.73. The summed E-state index contributed by atoms with van der Waals surface area (Å²) in [6.07, 6.45) is -6.90. The lowest BCUT2D eigenvalue weighted by Crippen LogP contribution is -2.54. The van der Waals surface area contributed by atoms with Gasteiger partial charge >= 0.3 is 24.4 Å². The van der Waals surface area contributed by atoms with Crippen LogP contribution in [0.1, 0.15) is 36.8 Å². The molecule has 3 atom stereocenters. The van der Waals surface area contributed by atoms with E-state index in [9.17, 15) is 31.1 Å². The number of aliphatic carboxylic acids is 1. The van der Waals surface area contributed by atoms with E-state index in [0.717, 1.165) is 43.1 Å². The molecule has 0 aromatic heterocycles. The number of carbonyl (C=O) groups excluding carboxylic acids is 1. The number of alkyl halides is 6. The van der Waals surface area contributed by atoms with Crippen LogP contribution < -0.4 is 20.1 Å². The summed E-state index contributed by atoms with van der Waals surface area (Å²) in [6.45, 7) is 0.854. The predicted octanol–water partition coefficient (Wildman–Crippen LogP) is 6.09. The number of amides is 2. The number of anilines is 1. The van der Waals surface area contributed by atoms with E-state index < -0.39 is 36.0 Å². The molecule has 2 aromatic carbocycles. The number of likely N-dealkylation sites (tertiary alicyclic amines) is 1. The minimum absolute atomic E-state index is 0.0155. The Labute approximate surface area is 242 Å². The second-order valence-corrected chi connectivity index (χ2v) is 10.5. The van der Waals surface area contributed by atoms with Gasteiger partial charge in [-0.15, -0.1) is 0 Å². The van der Waals surface area contributed by atoms with Crippen LogP contribution in [0.3, 0.4) is 0 Å². The number of likely N-dealkylation sites (N-methyl/N-ethyl adjacent to an activating group) is 1. The van der Waals surface area contributed by atoms with Crippen molar-refractivity contribution in [1.82, 2.24) is 4.90 Å². The number of carbonyl (C=O) groups is 2. The molecule has 0 unspecified atom stereocenters. The number of primary amides is 1. The number of halogens is 7. The van der Waals surface area contributed by atoms with Crippen LogP contribution in [0.25, 0.3) is 0 Å². The maximum Gasteiger partial charge on any atom is 0.490 e. The third-order valence-electron chi connectivity index (χ3n) is 7.84. The highest BCUT2D eigenvalue weighted by Crippen LogP contribution is 2.51. The highest BCUT2D eigenvalue weighted by atomic mass is 35.5. The summed E-state index contributed by atoms with van der Waals surface area (Å²) >= 11 is 6.28. The Hall–Kier alpha value is -3.39. The van der Waals surface area contributed by atoms with E-state index in [1.54, 1.807) is 14.2 Å². The Kier molecular flexibility index (Phi) is 9.82. The first-order valence-electron chi connectivity index (χ1n) is 12.6. The van der Waals surface area contributed by atoms with Crippen molar-refractivity contribution >= 4 is 29.3 Å². The van der Waals surface area contributed by atoms with E-state index >= 15 is 0 Å². The smallest absolute Gasteiger partial charge is 0.490 e. The van der Waals surface area contributed by atoms with Crippen molar-refractivity contribution in [2.24, 2.45) is 5.73 Å². The van der Waals surface area contributed by atoms with Gasteiger partial charge in [-0.1, -0.05) is 17.7 Å². The first kappa shape index (κ1) is 33.1. The van der Waals surface area contributed by atoms with E-state index in [1.165, 1.54) is 4.90 Å². The Morgan fingerprint density at radius 1 is 1.05 bits per heavy atom. The molecule has 2 aliphatic rings. The van der Waals surface area contributed by atoms with Crippen LogP contribution in [0.5, 0.6) is 11.5 Å². The van der Waals surface area contributed by atoms with E-state index in [0.29, 0.717) is 24.3 Å². The number of rotatable bonds is 5. The molecule has 42 heavy (non-hydrogen) atoms. The maximum atomic E-state index is 13.4. The highest BCUT2D eigenvalue weighted by Gasteiger charge is 2.52. The van der Waals surface area contributed by atoms with Crippen molar-refractivity contribution in [2.45, 2.75) is 55.5 Å². The molecule has 0 bridgehead atoms. The molecule has 1 saturated carbocycles. The van der Waals surface area contributed by atoms with Crippen LogP contribution in [0.2, 0.25) is 5.02 Å². The molecule has 2 amide bonds. The first-order valence-corrected chi connectivity index (χ1v) is 13.0. The second kappa shape index (κ2) is 12.5. The normalized spacial score (nSPS) is 22.4. The van der Waals surface area contributed by atoms with E-state index in [-0.39, 0.29) is 22.2 Å². The molecule has 2 aromatic rings. The Morgan fingerprint density at radius 3 is 2.19 bits per heavy atom. The summed E-state index contributed by atoms with van der Waals surface area (Å²) in [5, 5.41) is 7.17. The van der Waals surface area contributed by atoms with Gasteiger partial charge in [0.2, 0.25) is 0 Å². The van der Waals surface area contributed by atoms with Gasteiger partial charge in [0.25, 0.3) is 0 Å². The summed E-state index contributed by atoms with van der Waals surface area (Å²) in [5.41, 5.74) is 5.75. The fourth-order valence-corrected chi connectivity index (χ4v) is 6.06. The Bertz CT molecular complexity index is 1310. The zero-order chi connectivity index (χ0) is 31.6. The molecule has 8 nitrogen and oxygen atoms in total. The summed E-state index contributed by atoms with van der Waals surface area (Å²) < 4.78 is 82.8. The van der Waals surface area contributed by atoms with Crippen LogP contribution in [0.15, 0.2) is 36.4 Å². The number of nitrogens with zero attached hydrogens (tertiary/aromatic N) is 2. The van der Waals surface area contributed by atoms with Gasteiger partial charge in [-0.25, -0.2) is 9.59 Å². The average molecular weight is 626 g/mol. The Balaban J connectivity index is 0.000000616. The average Bonchev–Trinajstić information content (AvgIpc) is 3.25. The number of hydrogen-bond acceptors (Lipinski definition) is 5. The van der Waals surface area contributed by atoms with Crippen molar-refractivity contribution in [3.05, 3.63) is 52.5 Å². The molecule has 232 valence electrons. The van der Waals surface area contributed by atoms with Gasteiger partial charge in [-0.05, 0) is 75.2 Å². The van der Waals surface area contributed by atoms with Crippen molar-refractivity contribution in [1.29, 1.82) is 0 Å². The van der Waals surface area contributed by atoms with Gasteiger partial charge in [0, 0.05) is 17.5 Å². The van der Waals surface area contributed by atoms with E-state index in [4.69, 9.17) is 36.7 Å². The number of carboxylic acid groups (broad SMARTS) is 1. The largest absolute Gasteiger partial charge is 0.493 e.